The monoisotopic (exact) mass is 606 g/mol. The second kappa shape index (κ2) is 14.2. The summed E-state index contributed by atoms with van der Waals surface area (Å²) in [5, 5.41) is 11.9. The Balaban J connectivity index is 1.50. The Morgan fingerprint density at radius 3 is 2.57 bits per heavy atom. The molecule has 2 aromatic carbocycles. The standard InChI is InChI=1S/C34H42N2O8/c1-5-42-27-20-23(10-11-25(27)43-17-12-22(2)3)30-29(31(37)28-21-24-8-6-9-26(40-4)33(24)44-28)32(38)34(39)36(30)14-7-13-35-15-18-41-19-16-35/h6,8-11,20-22,30,38H,5,7,12-19H2,1-4H3. The third-order valence-corrected chi connectivity index (χ3v) is 8.01. The third-order valence-electron chi connectivity index (χ3n) is 8.01. The first-order valence-corrected chi connectivity index (χ1v) is 15.4. The number of Topliss-reactive ketones (excluding diaryl/α,β-unsaturated/α-hetero) is 1. The summed E-state index contributed by atoms with van der Waals surface area (Å²) < 4.78 is 28.8. The zero-order valence-corrected chi connectivity index (χ0v) is 26.0. The van der Waals surface area contributed by atoms with Crippen LogP contribution in [0.1, 0.15) is 55.8 Å². The number of nitrogens with zero attached hydrogens (tertiary/aromatic N) is 2. The van der Waals surface area contributed by atoms with Crippen LogP contribution in [0, 0.1) is 5.92 Å². The zero-order chi connectivity index (χ0) is 31.2. The molecule has 0 bridgehead atoms. The molecule has 0 saturated carbocycles. The van der Waals surface area contributed by atoms with Crippen LogP contribution < -0.4 is 14.2 Å². The molecule has 0 radical (unpaired) electrons. The van der Waals surface area contributed by atoms with Gasteiger partial charge in [-0.15, -0.1) is 0 Å². The van der Waals surface area contributed by atoms with E-state index in [0.29, 0.717) is 79.1 Å². The van der Waals surface area contributed by atoms with Crippen molar-refractivity contribution in [2.24, 2.45) is 5.92 Å². The number of rotatable bonds is 14. The van der Waals surface area contributed by atoms with E-state index in [1.54, 1.807) is 35.2 Å². The van der Waals surface area contributed by atoms with Crippen LogP contribution in [-0.2, 0) is 9.53 Å². The molecule has 3 heterocycles. The Morgan fingerprint density at radius 2 is 1.84 bits per heavy atom. The zero-order valence-electron chi connectivity index (χ0n) is 26.0. The van der Waals surface area contributed by atoms with Gasteiger partial charge in [-0.25, -0.2) is 0 Å². The fraction of sp³-hybridized carbons (Fsp3) is 0.471. The van der Waals surface area contributed by atoms with E-state index in [2.05, 4.69) is 18.7 Å². The van der Waals surface area contributed by atoms with Gasteiger partial charge in [0.15, 0.2) is 34.4 Å². The maximum Gasteiger partial charge on any atom is 0.290 e. The lowest BCUT2D eigenvalue weighted by atomic mass is 9.94. The van der Waals surface area contributed by atoms with Crippen molar-refractivity contribution in [2.75, 3.05) is 59.7 Å². The summed E-state index contributed by atoms with van der Waals surface area (Å²) in [6.07, 6.45) is 1.55. The van der Waals surface area contributed by atoms with Gasteiger partial charge in [0.05, 0.1) is 45.2 Å². The van der Waals surface area contributed by atoms with E-state index in [1.165, 1.54) is 7.11 Å². The molecule has 0 aliphatic carbocycles. The number of benzene rings is 2. The number of ketones is 1. The van der Waals surface area contributed by atoms with Crippen LogP contribution in [0.15, 0.2) is 58.2 Å². The molecular weight excluding hydrogens is 564 g/mol. The molecule has 1 N–H and O–H groups in total. The number of carbonyl (C=O) groups excluding carboxylic acids is 2. The van der Waals surface area contributed by atoms with E-state index >= 15 is 0 Å². The predicted molar refractivity (Wildman–Crippen MR) is 166 cm³/mol. The van der Waals surface area contributed by atoms with Gasteiger partial charge in [0.25, 0.3) is 5.91 Å². The summed E-state index contributed by atoms with van der Waals surface area (Å²) in [7, 11) is 1.53. The molecule has 1 atom stereocenters. The van der Waals surface area contributed by atoms with Crippen LogP contribution >= 0.6 is 0 Å². The molecule has 1 unspecified atom stereocenters. The van der Waals surface area contributed by atoms with Crippen molar-refractivity contribution in [1.29, 1.82) is 0 Å². The van der Waals surface area contributed by atoms with E-state index in [-0.39, 0.29) is 11.3 Å². The maximum absolute atomic E-state index is 14.1. The molecule has 3 aromatic rings. The second-order valence-corrected chi connectivity index (χ2v) is 11.5. The van der Waals surface area contributed by atoms with Gasteiger partial charge in [-0.2, -0.15) is 0 Å². The lowest BCUT2D eigenvalue weighted by Gasteiger charge is -2.30. The van der Waals surface area contributed by atoms with Gasteiger partial charge in [0.2, 0.25) is 5.78 Å². The Labute approximate surface area is 258 Å². The topological polar surface area (TPSA) is 111 Å². The van der Waals surface area contributed by atoms with Crippen molar-refractivity contribution in [2.45, 2.75) is 39.7 Å². The van der Waals surface area contributed by atoms with Gasteiger partial charge in [-0.3, -0.25) is 14.5 Å². The number of fused-ring (bicyclic) bond motifs is 1. The summed E-state index contributed by atoms with van der Waals surface area (Å²) in [6.45, 7) is 11.2. The van der Waals surface area contributed by atoms with Crippen LogP contribution in [0.2, 0.25) is 0 Å². The molecule has 1 saturated heterocycles. The average molecular weight is 607 g/mol. The van der Waals surface area contributed by atoms with Crippen LogP contribution in [0.5, 0.6) is 17.2 Å². The van der Waals surface area contributed by atoms with Crippen molar-refractivity contribution < 1.29 is 38.1 Å². The van der Waals surface area contributed by atoms with Gasteiger partial charge in [-0.05, 0) is 55.5 Å². The molecule has 10 nitrogen and oxygen atoms in total. The smallest absolute Gasteiger partial charge is 0.290 e. The minimum Gasteiger partial charge on any atom is -0.503 e. The Hall–Kier alpha value is -4.02. The van der Waals surface area contributed by atoms with Crippen molar-refractivity contribution in [3.8, 4) is 17.2 Å². The first kappa shape index (κ1) is 31.4. The Morgan fingerprint density at radius 1 is 1.05 bits per heavy atom. The van der Waals surface area contributed by atoms with E-state index in [1.807, 2.05) is 19.1 Å². The minimum absolute atomic E-state index is 0.0117. The quantitative estimate of drug-likeness (QED) is 0.236. The summed E-state index contributed by atoms with van der Waals surface area (Å²) in [5.74, 6) is 0.352. The normalized spacial score (nSPS) is 17.6. The highest BCUT2D eigenvalue weighted by atomic mass is 16.5. The van der Waals surface area contributed by atoms with Crippen LogP contribution in [0.3, 0.4) is 0 Å². The summed E-state index contributed by atoms with van der Waals surface area (Å²) >= 11 is 0. The van der Waals surface area contributed by atoms with Gasteiger partial charge < -0.3 is 33.4 Å². The maximum atomic E-state index is 14.1. The number of aliphatic hydroxyl groups is 1. The van der Waals surface area contributed by atoms with Gasteiger partial charge >= 0.3 is 0 Å². The Bertz CT molecular complexity index is 1500. The number of para-hydroxylation sites is 1. The SMILES string of the molecule is CCOc1cc(C2C(C(=O)c3cc4cccc(OC)c4o3)=C(O)C(=O)N2CCCN2CCOCC2)ccc1OCCC(C)C. The fourth-order valence-electron chi connectivity index (χ4n) is 5.68. The first-order chi connectivity index (χ1) is 21.3. The molecule has 10 heteroatoms. The number of ether oxygens (including phenoxy) is 4. The molecule has 5 rings (SSSR count). The highest BCUT2D eigenvalue weighted by Gasteiger charge is 2.44. The molecule has 2 aliphatic rings. The fourth-order valence-corrected chi connectivity index (χ4v) is 5.68. The molecule has 0 spiro atoms. The molecule has 44 heavy (non-hydrogen) atoms. The highest BCUT2D eigenvalue weighted by Crippen LogP contribution is 2.43. The van der Waals surface area contributed by atoms with Crippen molar-refractivity contribution in [3.05, 3.63) is 65.1 Å². The highest BCUT2D eigenvalue weighted by molar-refractivity contribution is 6.16. The lowest BCUT2D eigenvalue weighted by molar-refractivity contribution is -0.129. The third kappa shape index (κ3) is 6.71. The van der Waals surface area contributed by atoms with Crippen molar-refractivity contribution in [1.82, 2.24) is 9.80 Å². The average Bonchev–Trinajstić information content (AvgIpc) is 3.57. The van der Waals surface area contributed by atoms with E-state index in [4.69, 9.17) is 23.4 Å². The summed E-state index contributed by atoms with van der Waals surface area (Å²) in [6, 6.07) is 11.6. The van der Waals surface area contributed by atoms with Gasteiger partial charge in [0, 0.05) is 31.6 Å². The number of amides is 1. The van der Waals surface area contributed by atoms with E-state index in [9.17, 15) is 14.7 Å². The van der Waals surface area contributed by atoms with Crippen molar-refractivity contribution >= 4 is 22.7 Å². The molecule has 1 amide bonds. The molecule has 1 aromatic heterocycles. The lowest BCUT2D eigenvalue weighted by Crippen LogP contribution is -2.39. The summed E-state index contributed by atoms with van der Waals surface area (Å²) in [4.78, 5) is 31.5. The Kier molecular flexibility index (Phi) is 10.1. The number of hydrogen-bond donors (Lipinski definition) is 1. The number of hydrogen-bond acceptors (Lipinski definition) is 9. The number of furan rings is 1. The van der Waals surface area contributed by atoms with Crippen LogP contribution in [-0.4, -0.2) is 86.3 Å². The van der Waals surface area contributed by atoms with Gasteiger partial charge in [-0.1, -0.05) is 32.0 Å². The van der Waals surface area contributed by atoms with Crippen LogP contribution in [0.25, 0.3) is 11.0 Å². The largest absolute Gasteiger partial charge is 0.503 e. The van der Waals surface area contributed by atoms with E-state index < -0.39 is 23.5 Å². The molecule has 236 valence electrons. The van der Waals surface area contributed by atoms with Crippen LogP contribution in [0.4, 0.5) is 0 Å². The minimum atomic E-state index is -0.848. The summed E-state index contributed by atoms with van der Waals surface area (Å²) in [5.41, 5.74) is 1.02. The number of aliphatic hydroxyl groups excluding tert-OH is 1. The molecular formula is C34H42N2O8. The number of methoxy groups -OCH3 is 1. The predicted octanol–water partition coefficient (Wildman–Crippen LogP) is 5.57. The van der Waals surface area contributed by atoms with Crippen molar-refractivity contribution in [3.63, 3.8) is 0 Å². The molecule has 1 fully saturated rings. The number of carbonyl (C=O) groups is 2. The number of morpholine rings is 1. The second-order valence-electron chi connectivity index (χ2n) is 11.5. The first-order valence-electron chi connectivity index (χ1n) is 15.4. The molecule has 2 aliphatic heterocycles. The van der Waals surface area contributed by atoms with Gasteiger partial charge in [0.1, 0.15) is 0 Å². The van der Waals surface area contributed by atoms with E-state index in [0.717, 1.165) is 26.1 Å².